The monoisotopic (exact) mass is 405 g/mol. The Labute approximate surface area is 153 Å². The van der Waals surface area contributed by atoms with Crippen LogP contribution in [0, 0.1) is 17.0 Å². The summed E-state index contributed by atoms with van der Waals surface area (Å²) in [5.41, 5.74) is 4.67. The lowest BCUT2D eigenvalue weighted by molar-refractivity contribution is -0.384. The van der Waals surface area contributed by atoms with Crippen LogP contribution in [0.3, 0.4) is 0 Å². The first kappa shape index (κ1) is 18.6. The number of hydrogen-bond acceptors (Lipinski definition) is 5. The molecule has 0 aliphatic rings. The van der Waals surface area contributed by atoms with Gasteiger partial charge in [0.1, 0.15) is 5.75 Å². The molecule has 1 amide bonds. The lowest BCUT2D eigenvalue weighted by Gasteiger charge is -2.08. The molecule has 2 aromatic rings. The molecule has 8 heteroatoms. The second-order valence-corrected chi connectivity index (χ2v) is 6.11. The number of nitro groups is 1. The minimum atomic E-state index is -0.474. The van der Waals surface area contributed by atoms with Crippen LogP contribution in [0.5, 0.6) is 5.75 Å². The standard InChI is InChI=1S/C17H16BrN3O4/c1-11-3-8-16(15(18)9-11)25-10-17(22)20-19-12(2)13-4-6-14(7-5-13)21(23)24/h3-9H,10H2,1-2H3,(H,20,22)/b19-12+. The number of non-ortho nitro benzene ring substituents is 1. The van der Waals surface area contributed by atoms with Crippen LogP contribution in [0.2, 0.25) is 0 Å². The Morgan fingerprint density at radius 2 is 1.96 bits per heavy atom. The van der Waals surface area contributed by atoms with E-state index in [0.29, 0.717) is 17.0 Å². The molecule has 0 unspecified atom stereocenters. The maximum absolute atomic E-state index is 11.8. The molecule has 0 aliphatic carbocycles. The van der Waals surface area contributed by atoms with E-state index in [2.05, 4.69) is 26.5 Å². The summed E-state index contributed by atoms with van der Waals surface area (Å²) in [7, 11) is 0. The average Bonchev–Trinajstić information content (AvgIpc) is 2.59. The number of carbonyl (C=O) groups excluding carboxylic acids is 1. The van der Waals surface area contributed by atoms with Gasteiger partial charge in [0.2, 0.25) is 0 Å². The molecule has 130 valence electrons. The van der Waals surface area contributed by atoms with Crippen LogP contribution < -0.4 is 10.2 Å². The van der Waals surface area contributed by atoms with Gasteiger partial charge in [-0.2, -0.15) is 5.10 Å². The number of benzene rings is 2. The van der Waals surface area contributed by atoms with Gasteiger partial charge in [-0.15, -0.1) is 0 Å². The van der Waals surface area contributed by atoms with Gasteiger partial charge in [0.05, 0.1) is 15.1 Å². The van der Waals surface area contributed by atoms with Crippen molar-refractivity contribution in [3.05, 3.63) is 68.2 Å². The van der Waals surface area contributed by atoms with Crippen LogP contribution >= 0.6 is 15.9 Å². The molecule has 2 rings (SSSR count). The Kier molecular flexibility index (Phi) is 6.24. The first-order valence-electron chi connectivity index (χ1n) is 7.33. The molecule has 0 spiro atoms. The van der Waals surface area contributed by atoms with Gasteiger partial charge in [-0.25, -0.2) is 5.43 Å². The predicted octanol–water partition coefficient (Wildman–Crippen LogP) is 3.58. The first-order chi connectivity index (χ1) is 11.9. The van der Waals surface area contributed by atoms with Crippen LogP contribution in [0.4, 0.5) is 5.69 Å². The largest absolute Gasteiger partial charge is 0.483 e. The number of carbonyl (C=O) groups is 1. The number of amides is 1. The third-order valence-electron chi connectivity index (χ3n) is 3.29. The number of nitrogens with one attached hydrogen (secondary N) is 1. The van der Waals surface area contributed by atoms with E-state index in [0.717, 1.165) is 10.0 Å². The van der Waals surface area contributed by atoms with Gasteiger partial charge >= 0.3 is 0 Å². The van der Waals surface area contributed by atoms with Crippen molar-refractivity contribution >= 4 is 33.2 Å². The molecule has 1 N–H and O–H groups in total. The average molecular weight is 406 g/mol. The Balaban J connectivity index is 1.91. The third-order valence-corrected chi connectivity index (χ3v) is 3.91. The van der Waals surface area contributed by atoms with Crippen LogP contribution in [0.15, 0.2) is 52.0 Å². The lowest BCUT2D eigenvalue weighted by Crippen LogP contribution is -2.25. The minimum Gasteiger partial charge on any atom is -0.483 e. The highest BCUT2D eigenvalue weighted by molar-refractivity contribution is 9.10. The van der Waals surface area contributed by atoms with Crippen molar-refractivity contribution in [1.29, 1.82) is 0 Å². The van der Waals surface area contributed by atoms with E-state index in [-0.39, 0.29) is 12.3 Å². The molecule has 2 aromatic carbocycles. The molecule has 25 heavy (non-hydrogen) atoms. The molecule has 0 radical (unpaired) electrons. The van der Waals surface area contributed by atoms with Gasteiger partial charge in [0.15, 0.2) is 6.61 Å². The molecular formula is C17H16BrN3O4. The summed E-state index contributed by atoms with van der Waals surface area (Å²) in [5.74, 6) is 0.158. The van der Waals surface area contributed by atoms with Crippen molar-refractivity contribution in [3.8, 4) is 5.75 Å². The molecule has 0 aromatic heterocycles. The number of rotatable bonds is 6. The summed E-state index contributed by atoms with van der Waals surface area (Å²) in [6.07, 6.45) is 0. The molecule has 0 atom stereocenters. The summed E-state index contributed by atoms with van der Waals surface area (Å²) in [5, 5.41) is 14.6. The van der Waals surface area contributed by atoms with Gasteiger partial charge in [-0.05, 0) is 65.2 Å². The Hall–Kier alpha value is -2.74. The fourth-order valence-corrected chi connectivity index (χ4v) is 2.54. The van der Waals surface area contributed by atoms with Crippen LogP contribution in [-0.4, -0.2) is 23.1 Å². The minimum absolute atomic E-state index is 0.00217. The first-order valence-corrected chi connectivity index (χ1v) is 8.13. The van der Waals surface area contributed by atoms with E-state index in [1.54, 1.807) is 25.1 Å². The van der Waals surface area contributed by atoms with E-state index in [1.165, 1.54) is 12.1 Å². The zero-order chi connectivity index (χ0) is 18.4. The Morgan fingerprint density at radius 3 is 2.56 bits per heavy atom. The maximum atomic E-state index is 11.8. The van der Waals surface area contributed by atoms with Crippen molar-refractivity contribution in [2.24, 2.45) is 5.10 Å². The molecule has 0 aliphatic heterocycles. The van der Waals surface area contributed by atoms with E-state index in [1.807, 2.05) is 19.1 Å². The number of nitro benzene ring substituents is 1. The topological polar surface area (TPSA) is 93.8 Å². The van der Waals surface area contributed by atoms with Gasteiger partial charge in [0.25, 0.3) is 11.6 Å². The SMILES string of the molecule is C/C(=N\NC(=O)COc1ccc(C)cc1Br)c1ccc([N+](=O)[O-])cc1. The zero-order valence-electron chi connectivity index (χ0n) is 13.7. The fraction of sp³-hybridized carbons (Fsp3) is 0.176. The van der Waals surface area contributed by atoms with Gasteiger partial charge in [0, 0.05) is 12.1 Å². The Bertz CT molecular complexity index is 819. The summed E-state index contributed by atoms with van der Waals surface area (Å²) < 4.78 is 6.20. The number of hydrogen-bond donors (Lipinski definition) is 1. The smallest absolute Gasteiger partial charge is 0.277 e. The number of hydrazone groups is 1. The van der Waals surface area contributed by atoms with Gasteiger partial charge in [-0.1, -0.05) is 6.07 Å². The molecule has 0 bridgehead atoms. The van der Waals surface area contributed by atoms with Crippen LogP contribution in [0.1, 0.15) is 18.1 Å². The number of nitrogens with zero attached hydrogens (tertiary/aromatic N) is 2. The molecule has 7 nitrogen and oxygen atoms in total. The highest BCUT2D eigenvalue weighted by atomic mass is 79.9. The highest BCUT2D eigenvalue weighted by Crippen LogP contribution is 2.25. The summed E-state index contributed by atoms with van der Waals surface area (Å²) in [6.45, 7) is 3.47. The molecule has 0 saturated carbocycles. The zero-order valence-corrected chi connectivity index (χ0v) is 15.2. The van der Waals surface area contributed by atoms with Crippen molar-refractivity contribution in [3.63, 3.8) is 0 Å². The van der Waals surface area contributed by atoms with E-state index < -0.39 is 10.8 Å². The van der Waals surface area contributed by atoms with Crippen molar-refractivity contribution < 1.29 is 14.5 Å². The molecule has 0 saturated heterocycles. The van der Waals surface area contributed by atoms with E-state index in [9.17, 15) is 14.9 Å². The van der Waals surface area contributed by atoms with Gasteiger partial charge in [-0.3, -0.25) is 14.9 Å². The van der Waals surface area contributed by atoms with E-state index >= 15 is 0 Å². The molecule has 0 fully saturated rings. The summed E-state index contributed by atoms with van der Waals surface area (Å²) >= 11 is 3.37. The molecular weight excluding hydrogens is 390 g/mol. The van der Waals surface area contributed by atoms with Crippen molar-refractivity contribution in [2.45, 2.75) is 13.8 Å². The predicted molar refractivity (Wildman–Crippen MR) is 97.8 cm³/mol. The lowest BCUT2D eigenvalue weighted by atomic mass is 10.1. The normalized spacial score (nSPS) is 11.1. The third kappa shape index (κ3) is 5.39. The summed E-state index contributed by atoms with van der Waals surface area (Å²) in [6, 6.07) is 11.5. The molecule has 0 heterocycles. The Morgan fingerprint density at radius 1 is 1.28 bits per heavy atom. The van der Waals surface area contributed by atoms with Gasteiger partial charge < -0.3 is 4.74 Å². The maximum Gasteiger partial charge on any atom is 0.277 e. The number of ether oxygens (including phenoxy) is 1. The van der Waals surface area contributed by atoms with Crippen molar-refractivity contribution in [2.75, 3.05) is 6.61 Å². The quantitative estimate of drug-likeness (QED) is 0.451. The van der Waals surface area contributed by atoms with Crippen LogP contribution in [-0.2, 0) is 4.79 Å². The van der Waals surface area contributed by atoms with Crippen LogP contribution in [0.25, 0.3) is 0 Å². The second-order valence-electron chi connectivity index (χ2n) is 5.26. The number of halogens is 1. The number of aryl methyl sites for hydroxylation is 1. The van der Waals surface area contributed by atoms with E-state index in [4.69, 9.17) is 4.74 Å². The van der Waals surface area contributed by atoms with Crippen molar-refractivity contribution in [1.82, 2.24) is 5.43 Å². The fourth-order valence-electron chi connectivity index (χ4n) is 1.93. The summed E-state index contributed by atoms with van der Waals surface area (Å²) in [4.78, 5) is 22.0. The second kappa shape index (κ2) is 8.39. The highest BCUT2D eigenvalue weighted by Gasteiger charge is 2.07.